The van der Waals surface area contributed by atoms with E-state index < -0.39 is 11.8 Å². The van der Waals surface area contributed by atoms with Gasteiger partial charge in [0, 0.05) is 37.6 Å². The molecule has 33 heavy (non-hydrogen) atoms. The number of hydrogen-bond acceptors (Lipinski definition) is 6. The molecular formula is C25H34N6O2. The van der Waals surface area contributed by atoms with Crippen LogP contribution in [0.15, 0.2) is 58.7 Å². The smallest absolute Gasteiger partial charge is 0.249 e. The number of carbonyl (C=O) groups is 2. The lowest BCUT2D eigenvalue weighted by Gasteiger charge is -2.20. The van der Waals surface area contributed by atoms with Crippen molar-refractivity contribution < 1.29 is 9.59 Å². The third-order valence-corrected chi connectivity index (χ3v) is 5.17. The Bertz CT molecular complexity index is 853. The first-order valence-corrected chi connectivity index (χ1v) is 11.3. The predicted molar refractivity (Wildman–Crippen MR) is 136 cm³/mol. The Balaban J connectivity index is 1.76. The van der Waals surface area contributed by atoms with Crippen molar-refractivity contribution in [2.24, 2.45) is 10.2 Å². The van der Waals surface area contributed by atoms with E-state index in [0.29, 0.717) is 0 Å². The minimum absolute atomic E-state index is 0.365. The van der Waals surface area contributed by atoms with Crippen molar-refractivity contribution in [3.63, 3.8) is 0 Å². The molecule has 2 amide bonds. The Morgan fingerprint density at radius 3 is 1.30 bits per heavy atom. The highest BCUT2D eigenvalue weighted by molar-refractivity contribution is 5.97. The van der Waals surface area contributed by atoms with Gasteiger partial charge in [-0.1, -0.05) is 24.3 Å². The van der Waals surface area contributed by atoms with Crippen LogP contribution in [0.5, 0.6) is 0 Å². The first-order chi connectivity index (χ1) is 16.0. The Morgan fingerprint density at radius 1 is 0.667 bits per heavy atom. The normalized spacial score (nSPS) is 11.0. The summed E-state index contributed by atoms with van der Waals surface area (Å²) in [5, 5.41) is 7.83. The van der Waals surface area contributed by atoms with E-state index in [1.165, 1.54) is 0 Å². The van der Waals surface area contributed by atoms with E-state index in [1.807, 2.05) is 48.5 Å². The molecule has 0 fully saturated rings. The lowest BCUT2D eigenvalue weighted by molar-refractivity contribution is -0.129. The van der Waals surface area contributed by atoms with Crippen molar-refractivity contribution in [2.45, 2.75) is 34.1 Å². The van der Waals surface area contributed by atoms with Gasteiger partial charge in [-0.2, -0.15) is 10.2 Å². The summed E-state index contributed by atoms with van der Waals surface area (Å²) >= 11 is 0. The van der Waals surface area contributed by atoms with Gasteiger partial charge >= 0.3 is 0 Å². The lowest BCUT2D eigenvalue weighted by atomic mass is 10.2. The predicted octanol–water partition coefficient (Wildman–Crippen LogP) is 3.37. The molecule has 0 aliphatic carbocycles. The van der Waals surface area contributed by atoms with Crippen LogP contribution in [0.4, 0.5) is 11.4 Å². The number of rotatable bonds is 12. The van der Waals surface area contributed by atoms with Crippen molar-refractivity contribution in [1.82, 2.24) is 10.9 Å². The summed E-state index contributed by atoms with van der Waals surface area (Å²) in [4.78, 5) is 28.3. The number of amides is 2. The van der Waals surface area contributed by atoms with Crippen LogP contribution in [0.3, 0.4) is 0 Å². The average molecular weight is 451 g/mol. The van der Waals surface area contributed by atoms with Crippen molar-refractivity contribution in [1.29, 1.82) is 0 Å². The average Bonchev–Trinajstić information content (AvgIpc) is 2.82. The summed E-state index contributed by atoms with van der Waals surface area (Å²) in [6.45, 7) is 12.2. The van der Waals surface area contributed by atoms with Crippen molar-refractivity contribution in [2.75, 3.05) is 36.0 Å². The zero-order valence-corrected chi connectivity index (χ0v) is 19.9. The van der Waals surface area contributed by atoms with Gasteiger partial charge in [-0.15, -0.1) is 0 Å². The Morgan fingerprint density at radius 2 is 1.00 bits per heavy atom. The highest BCUT2D eigenvalue weighted by Crippen LogP contribution is 2.14. The van der Waals surface area contributed by atoms with Gasteiger partial charge in [-0.3, -0.25) is 9.59 Å². The van der Waals surface area contributed by atoms with E-state index >= 15 is 0 Å². The first-order valence-electron chi connectivity index (χ1n) is 11.3. The molecule has 8 nitrogen and oxygen atoms in total. The molecule has 0 aromatic heterocycles. The monoisotopic (exact) mass is 450 g/mol. The third-order valence-electron chi connectivity index (χ3n) is 5.17. The SMILES string of the molecule is CCN(CC)c1ccc(C=NNC(=O)CC(=O)NN=Cc2ccc(N(CC)CC)cc2)cc1. The topological polar surface area (TPSA) is 89.4 Å². The standard InChI is InChI=1S/C25H34N6O2/c1-5-30(6-2)22-13-9-20(10-14-22)18-26-28-24(32)17-25(33)29-27-19-21-11-15-23(16-12-21)31(7-3)8-4/h9-16,18-19H,5-8,17H2,1-4H3,(H,28,32)(H,29,33). The highest BCUT2D eigenvalue weighted by atomic mass is 16.2. The minimum atomic E-state index is -0.512. The Kier molecular flexibility index (Phi) is 10.6. The number of hydrazone groups is 2. The van der Waals surface area contributed by atoms with E-state index in [4.69, 9.17) is 0 Å². The van der Waals surface area contributed by atoms with Gasteiger partial charge in [0.05, 0.1) is 12.4 Å². The van der Waals surface area contributed by atoms with Crippen LogP contribution in [-0.4, -0.2) is 50.4 Å². The van der Waals surface area contributed by atoms with Crippen molar-refractivity contribution >= 4 is 35.6 Å². The van der Waals surface area contributed by atoms with Crippen molar-refractivity contribution in [3.8, 4) is 0 Å². The summed E-state index contributed by atoms with van der Waals surface area (Å²) in [5.41, 5.74) is 8.70. The van der Waals surface area contributed by atoms with E-state index in [9.17, 15) is 9.59 Å². The summed E-state index contributed by atoms with van der Waals surface area (Å²) in [5.74, 6) is -1.02. The fourth-order valence-corrected chi connectivity index (χ4v) is 3.30. The fourth-order valence-electron chi connectivity index (χ4n) is 3.30. The number of nitrogens with one attached hydrogen (secondary N) is 2. The van der Waals surface area contributed by atoms with E-state index in [2.05, 4.69) is 58.5 Å². The molecule has 2 N–H and O–H groups in total. The van der Waals surface area contributed by atoms with Crippen LogP contribution >= 0.6 is 0 Å². The molecule has 2 aromatic carbocycles. The molecule has 2 rings (SSSR count). The molecule has 0 aliphatic rings. The second-order valence-corrected chi connectivity index (χ2v) is 7.29. The summed E-state index contributed by atoms with van der Waals surface area (Å²) in [6.07, 6.45) is 2.72. The number of carbonyl (C=O) groups excluding carboxylic acids is 2. The maximum Gasteiger partial charge on any atom is 0.249 e. The molecular weight excluding hydrogens is 416 g/mol. The molecule has 0 radical (unpaired) electrons. The molecule has 8 heteroatoms. The molecule has 0 aliphatic heterocycles. The van der Waals surface area contributed by atoms with E-state index in [1.54, 1.807) is 12.4 Å². The largest absolute Gasteiger partial charge is 0.372 e. The number of nitrogens with zero attached hydrogens (tertiary/aromatic N) is 4. The summed E-state index contributed by atoms with van der Waals surface area (Å²) in [7, 11) is 0. The van der Waals surface area contributed by atoms with Gasteiger partial charge in [-0.25, -0.2) is 10.9 Å². The van der Waals surface area contributed by atoms with Gasteiger partial charge in [0.2, 0.25) is 11.8 Å². The quantitative estimate of drug-likeness (QED) is 0.295. The fraction of sp³-hybridized carbons (Fsp3) is 0.360. The van der Waals surface area contributed by atoms with Gasteiger partial charge < -0.3 is 9.80 Å². The van der Waals surface area contributed by atoms with Crippen LogP contribution in [0.2, 0.25) is 0 Å². The van der Waals surface area contributed by atoms with Crippen LogP contribution in [0.25, 0.3) is 0 Å². The zero-order chi connectivity index (χ0) is 24.1. The molecule has 2 aromatic rings. The van der Waals surface area contributed by atoms with Gasteiger partial charge in [0.25, 0.3) is 0 Å². The lowest BCUT2D eigenvalue weighted by Crippen LogP contribution is -2.27. The zero-order valence-electron chi connectivity index (χ0n) is 19.9. The summed E-state index contributed by atoms with van der Waals surface area (Å²) in [6, 6.07) is 15.8. The number of benzene rings is 2. The first kappa shape index (κ1) is 25.6. The molecule has 0 saturated heterocycles. The van der Waals surface area contributed by atoms with E-state index in [-0.39, 0.29) is 6.42 Å². The molecule has 0 spiro atoms. The Labute approximate surface area is 196 Å². The van der Waals surface area contributed by atoms with E-state index in [0.717, 1.165) is 48.7 Å². The highest BCUT2D eigenvalue weighted by Gasteiger charge is 2.07. The van der Waals surface area contributed by atoms with Crippen LogP contribution in [0, 0.1) is 0 Å². The number of hydrogen-bond donors (Lipinski definition) is 2. The molecule has 0 unspecified atom stereocenters. The van der Waals surface area contributed by atoms with Crippen LogP contribution in [0.1, 0.15) is 45.2 Å². The number of anilines is 2. The second kappa shape index (κ2) is 13.7. The van der Waals surface area contributed by atoms with Gasteiger partial charge in [0.1, 0.15) is 6.42 Å². The molecule has 176 valence electrons. The molecule has 0 heterocycles. The molecule has 0 saturated carbocycles. The minimum Gasteiger partial charge on any atom is -0.372 e. The maximum absolute atomic E-state index is 11.9. The molecule has 0 bridgehead atoms. The maximum atomic E-state index is 11.9. The van der Waals surface area contributed by atoms with Gasteiger partial charge in [0.15, 0.2) is 0 Å². The van der Waals surface area contributed by atoms with Crippen LogP contribution in [-0.2, 0) is 9.59 Å². The molecule has 0 atom stereocenters. The van der Waals surface area contributed by atoms with Gasteiger partial charge in [-0.05, 0) is 63.1 Å². The van der Waals surface area contributed by atoms with Crippen molar-refractivity contribution in [3.05, 3.63) is 59.7 Å². The van der Waals surface area contributed by atoms with Crippen LogP contribution < -0.4 is 20.7 Å². The second-order valence-electron chi connectivity index (χ2n) is 7.29. The Hall–Kier alpha value is -3.68. The summed E-state index contributed by atoms with van der Waals surface area (Å²) < 4.78 is 0. The third kappa shape index (κ3) is 8.40.